The molecule has 0 aliphatic carbocycles. The Labute approximate surface area is 185 Å². The van der Waals surface area contributed by atoms with Crippen molar-refractivity contribution in [1.29, 1.82) is 0 Å². The number of carbonyl (C=O) groups excluding carboxylic acids is 1. The SMILES string of the molecule is Cc1nc(C2=C(N)CN(C(=O)c3ccc(F)cc3OCC(O)C(F)(F)F)C2)[nH+]c(C)c1Cl. The molecule has 0 saturated carbocycles. The van der Waals surface area contributed by atoms with Gasteiger partial charge in [-0.05, 0) is 24.0 Å². The maximum absolute atomic E-state index is 13.7. The number of aliphatic hydroxyl groups is 1. The van der Waals surface area contributed by atoms with Crippen LogP contribution in [0.1, 0.15) is 27.6 Å². The van der Waals surface area contributed by atoms with Gasteiger partial charge in [0.05, 0.1) is 24.2 Å². The molecule has 2 heterocycles. The molecule has 2 aromatic rings. The zero-order valence-corrected chi connectivity index (χ0v) is 17.8. The van der Waals surface area contributed by atoms with Crippen LogP contribution in [0.4, 0.5) is 17.6 Å². The molecule has 1 aromatic carbocycles. The van der Waals surface area contributed by atoms with Gasteiger partial charge >= 0.3 is 12.0 Å². The van der Waals surface area contributed by atoms with Crippen LogP contribution >= 0.6 is 11.6 Å². The van der Waals surface area contributed by atoms with Crippen LogP contribution in [-0.4, -0.2) is 52.9 Å². The normalized spacial score (nSPS) is 15.3. The van der Waals surface area contributed by atoms with Crippen LogP contribution in [0.2, 0.25) is 5.02 Å². The Bertz CT molecular complexity index is 1070. The van der Waals surface area contributed by atoms with Gasteiger partial charge in [0.2, 0.25) is 0 Å². The summed E-state index contributed by atoms with van der Waals surface area (Å²) in [5, 5.41) is 9.60. The minimum atomic E-state index is -4.92. The van der Waals surface area contributed by atoms with Crippen LogP contribution in [0.15, 0.2) is 23.9 Å². The molecule has 0 saturated heterocycles. The second kappa shape index (κ2) is 8.91. The average Bonchev–Trinajstić information content (AvgIpc) is 3.10. The second-order valence-electron chi connectivity index (χ2n) is 7.28. The minimum absolute atomic E-state index is 0.0202. The van der Waals surface area contributed by atoms with Crippen molar-refractivity contribution in [2.75, 3.05) is 19.7 Å². The zero-order valence-electron chi connectivity index (χ0n) is 17.1. The highest BCUT2D eigenvalue weighted by molar-refractivity contribution is 6.31. The van der Waals surface area contributed by atoms with Gasteiger partial charge in [-0.2, -0.15) is 13.2 Å². The van der Waals surface area contributed by atoms with Crippen molar-refractivity contribution in [1.82, 2.24) is 9.88 Å². The summed E-state index contributed by atoms with van der Waals surface area (Å²) in [5.74, 6) is -1.44. The fraction of sp³-hybridized carbons (Fsp3) is 0.350. The molecule has 12 heteroatoms. The molecule has 0 spiro atoms. The number of aromatic amines is 1. The molecule has 1 aliphatic rings. The van der Waals surface area contributed by atoms with Crippen molar-refractivity contribution in [3.05, 3.63) is 57.5 Å². The molecule has 1 aromatic heterocycles. The minimum Gasteiger partial charge on any atom is -0.490 e. The summed E-state index contributed by atoms with van der Waals surface area (Å²) < 4.78 is 56.2. The van der Waals surface area contributed by atoms with Crippen LogP contribution in [0, 0.1) is 19.7 Å². The summed E-state index contributed by atoms with van der Waals surface area (Å²) in [6.45, 7) is 2.36. The number of hydrogen-bond acceptors (Lipinski definition) is 5. The zero-order chi connectivity index (χ0) is 23.8. The number of H-pyrrole nitrogens is 1. The Hall–Kier alpha value is -2.92. The fourth-order valence-corrected chi connectivity index (χ4v) is 3.23. The molecule has 0 fully saturated rings. The first-order chi connectivity index (χ1) is 14.9. The van der Waals surface area contributed by atoms with Gasteiger partial charge < -0.3 is 20.5 Å². The molecule has 0 radical (unpaired) electrons. The average molecular weight is 476 g/mol. The first-order valence-corrected chi connectivity index (χ1v) is 9.76. The number of aryl methyl sites for hydroxylation is 2. The van der Waals surface area contributed by atoms with Crippen LogP contribution in [0.5, 0.6) is 5.75 Å². The molecule has 3 rings (SSSR count). The van der Waals surface area contributed by atoms with Crippen LogP contribution in [-0.2, 0) is 0 Å². The number of halogens is 5. The molecule has 1 aliphatic heterocycles. The highest BCUT2D eigenvalue weighted by Gasteiger charge is 2.39. The highest BCUT2D eigenvalue weighted by Crippen LogP contribution is 2.28. The second-order valence-corrected chi connectivity index (χ2v) is 7.66. The van der Waals surface area contributed by atoms with E-state index in [1.807, 2.05) is 0 Å². The number of nitrogens with zero attached hydrogens (tertiary/aromatic N) is 2. The number of rotatable bonds is 5. The van der Waals surface area contributed by atoms with Gasteiger partial charge in [-0.1, -0.05) is 11.6 Å². The monoisotopic (exact) mass is 475 g/mol. The van der Waals surface area contributed by atoms with Crippen molar-refractivity contribution in [2.24, 2.45) is 5.73 Å². The number of benzene rings is 1. The molecule has 1 amide bonds. The van der Waals surface area contributed by atoms with E-state index in [9.17, 15) is 22.4 Å². The van der Waals surface area contributed by atoms with Gasteiger partial charge in [-0.15, -0.1) is 0 Å². The lowest BCUT2D eigenvalue weighted by molar-refractivity contribution is -0.396. The Morgan fingerprint density at radius 3 is 2.69 bits per heavy atom. The van der Waals surface area contributed by atoms with E-state index in [4.69, 9.17) is 27.2 Å². The van der Waals surface area contributed by atoms with Gasteiger partial charge in [-0.3, -0.25) is 4.79 Å². The lowest BCUT2D eigenvalue weighted by Crippen LogP contribution is -2.35. The molecule has 172 valence electrons. The maximum Gasteiger partial charge on any atom is 0.417 e. The largest absolute Gasteiger partial charge is 0.490 e. The fourth-order valence-electron chi connectivity index (χ4n) is 3.14. The Morgan fingerprint density at radius 1 is 1.38 bits per heavy atom. The van der Waals surface area contributed by atoms with E-state index in [0.29, 0.717) is 33.5 Å². The number of amides is 1. The van der Waals surface area contributed by atoms with E-state index in [-0.39, 0.29) is 18.7 Å². The third-order valence-electron chi connectivity index (χ3n) is 4.85. The number of aliphatic hydroxyl groups excluding tert-OH is 1. The molecule has 0 bridgehead atoms. The van der Waals surface area contributed by atoms with Crippen molar-refractivity contribution < 1.29 is 37.2 Å². The van der Waals surface area contributed by atoms with Crippen molar-refractivity contribution >= 4 is 23.1 Å². The van der Waals surface area contributed by atoms with Crippen molar-refractivity contribution in [3.8, 4) is 5.75 Å². The number of nitrogens with two attached hydrogens (primary N) is 1. The van der Waals surface area contributed by atoms with E-state index in [0.717, 1.165) is 18.2 Å². The Kier molecular flexibility index (Phi) is 6.61. The molecular weight excluding hydrogens is 456 g/mol. The van der Waals surface area contributed by atoms with Crippen LogP contribution < -0.4 is 15.5 Å². The summed E-state index contributed by atoms with van der Waals surface area (Å²) in [4.78, 5) is 21.7. The van der Waals surface area contributed by atoms with Gasteiger partial charge in [0, 0.05) is 18.7 Å². The van der Waals surface area contributed by atoms with E-state index >= 15 is 0 Å². The predicted molar refractivity (Wildman–Crippen MR) is 106 cm³/mol. The summed E-state index contributed by atoms with van der Waals surface area (Å²) in [6, 6.07) is 2.86. The molecule has 1 atom stereocenters. The van der Waals surface area contributed by atoms with Crippen LogP contribution in [0.25, 0.3) is 5.57 Å². The highest BCUT2D eigenvalue weighted by atomic mass is 35.5. The third kappa shape index (κ3) is 4.94. The van der Waals surface area contributed by atoms with E-state index in [1.54, 1.807) is 13.8 Å². The molecule has 7 nitrogen and oxygen atoms in total. The maximum atomic E-state index is 13.7. The van der Waals surface area contributed by atoms with Crippen molar-refractivity contribution in [3.63, 3.8) is 0 Å². The number of hydrogen-bond donors (Lipinski definition) is 2. The van der Waals surface area contributed by atoms with E-state index in [2.05, 4.69) is 9.97 Å². The van der Waals surface area contributed by atoms with Crippen LogP contribution in [0.3, 0.4) is 0 Å². The lowest BCUT2D eigenvalue weighted by Gasteiger charge is -2.20. The Morgan fingerprint density at radius 2 is 2.06 bits per heavy atom. The first kappa shape index (κ1) is 23.7. The number of ether oxygens (including phenoxy) is 1. The van der Waals surface area contributed by atoms with E-state index < -0.39 is 36.4 Å². The number of alkyl halides is 3. The first-order valence-electron chi connectivity index (χ1n) is 9.38. The molecule has 1 unspecified atom stereocenters. The summed E-state index contributed by atoms with van der Waals surface area (Å²) >= 11 is 6.12. The number of nitrogens with one attached hydrogen (secondary N) is 1. The molecular formula is C20H20ClF4N4O3+. The summed E-state index contributed by atoms with van der Waals surface area (Å²) in [7, 11) is 0. The number of aromatic nitrogens is 2. The topological polar surface area (TPSA) is 103 Å². The standard InChI is InChI=1S/C20H19ClF4N4O3/c1-9-17(21)10(2)28-18(27-9)13-6-29(7-14(13)26)19(31)12-4-3-11(22)5-15(12)32-8-16(30)20(23,24)25/h3-5,16,30H,6-8,26H2,1-2H3/p+1. The quantitative estimate of drug-likeness (QED) is 0.647. The molecule has 32 heavy (non-hydrogen) atoms. The third-order valence-corrected chi connectivity index (χ3v) is 5.41. The predicted octanol–water partition coefficient (Wildman–Crippen LogP) is 2.43. The van der Waals surface area contributed by atoms with Gasteiger partial charge in [-0.25, -0.2) is 9.37 Å². The summed E-state index contributed by atoms with van der Waals surface area (Å²) in [5.41, 5.74) is 8.09. The van der Waals surface area contributed by atoms with Crippen molar-refractivity contribution in [2.45, 2.75) is 26.1 Å². The molecule has 4 N–H and O–H groups in total. The summed E-state index contributed by atoms with van der Waals surface area (Å²) in [6.07, 6.45) is -7.71. The van der Waals surface area contributed by atoms with Gasteiger partial charge in [0.15, 0.2) is 11.8 Å². The lowest BCUT2D eigenvalue weighted by atomic mass is 10.1. The van der Waals surface area contributed by atoms with Gasteiger partial charge in [0.1, 0.15) is 28.9 Å². The number of carbonyl (C=O) groups is 1. The Balaban J connectivity index is 1.82. The smallest absolute Gasteiger partial charge is 0.417 e. The van der Waals surface area contributed by atoms with Gasteiger partial charge in [0.25, 0.3) is 5.91 Å². The van der Waals surface area contributed by atoms with E-state index in [1.165, 1.54) is 4.90 Å².